The molecule has 0 saturated carbocycles. The summed E-state index contributed by atoms with van der Waals surface area (Å²) >= 11 is 0. The Morgan fingerprint density at radius 1 is 0.759 bits per heavy atom. The van der Waals surface area contributed by atoms with Gasteiger partial charge in [0.2, 0.25) is 5.75 Å². The van der Waals surface area contributed by atoms with Gasteiger partial charge in [0.1, 0.15) is 6.04 Å². The van der Waals surface area contributed by atoms with E-state index in [1.54, 1.807) is 21.3 Å². The Bertz CT molecular complexity index is 1100. The molecule has 3 aromatic carbocycles. The fraction of sp³-hybridized carbons (Fsp3) is 0.160. The Morgan fingerprint density at radius 3 is 2.17 bits per heavy atom. The zero-order valence-electron chi connectivity index (χ0n) is 16.8. The van der Waals surface area contributed by atoms with Gasteiger partial charge in [0.15, 0.2) is 11.5 Å². The largest absolute Gasteiger partial charge is 0.493 e. The minimum Gasteiger partial charge on any atom is -0.493 e. The summed E-state index contributed by atoms with van der Waals surface area (Å²) in [5.41, 5.74) is 3.21. The quantitative estimate of drug-likeness (QED) is 0.571. The summed E-state index contributed by atoms with van der Waals surface area (Å²) in [5, 5.41) is 2.42. The number of hydrogen-bond acceptors (Lipinski definition) is 4. The molecule has 0 spiro atoms. The van der Waals surface area contributed by atoms with Gasteiger partial charge in [0, 0.05) is 6.21 Å². The van der Waals surface area contributed by atoms with Gasteiger partial charge in [-0.05, 0) is 51.7 Å². The fourth-order valence-corrected chi connectivity index (χ4v) is 3.66. The van der Waals surface area contributed by atoms with Gasteiger partial charge in [0.25, 0.3) is 0 Å². The molecule has 4 nitrogen and oxygen atoms in total. The zero-order valence-corrected chi connectivity index (χ0v) is 16.8. The first-order valence-corrected chi connectivity index (χ1v) is 9.44. The van der Waals surface area contributed by atoms with Crippen LogP contribution in [0.5, 0.6) is 17.2 Å². The monoisotopic (exact) mass is 385 g/mol. The zero-order chi connectivity index (χ0) is 20.2. The van der Waals surface area contributed by atoms with Crippen LogP contribution in [0.15, 0.2) is 77.8 Å². The third kappa shape index (κ3) is 3.61. The highest BCUT2D eigenvalue weighted by Crippen LogP contribution is 2.43. The van der Waals surface area contributed by atoms with Crippen LogP contribution in [-0.4, -0.2) is 27.5 Å². The highest BCUT2D eigenvalue weighted by Gasteiger charge is 2.22. The molecule has 0 amide bonds. The molecule has 1 unspecified atom stereocenters. The number of methoxy groups -OCH3 is 3. The van der Waals surface area contributed by atoms with E-state index in [-0.39, 0.29) is 6.04 Å². The summed E-state index contributed by atoms with van der Waals surface area (Å²) < 4.78 is 16.6. The molecule has 1 aliphatic heterocycles. The standard InChI is InChI=1S/C25H23NO3/c1-27-22-15-20(16-23(28-2)25(22)29-3)24-21(10-6-7-13-26-24)19-12-11-17-8-4-5-9-18(17)14-19/h4-16,24H,1-3H3. The summed E-state index contributed by atoms with van der Waals surface area (Å²) in [6.07, 6.45) is 7.91. The third-order valence-electron chi connectivity index (χ3n) is 5.09. The topological polar surface area (TPSA) is 40.0 Å². The predicted molar refractivity (Wildman–Crippen MR) is 118 cm³/mol. The molecule has 1 atom stereocenters. The van der Waals surface area contributed by atoms with Gasteiger partial charge in [-0.1, -0.05) is 48.6 Å². The van der Waals surface area contributed by atoms with Crippen LogP contribution in [0.25, 0.3) is 16.3 Å². The molecule has 0 aliphatic carbocycles. The second-order valence-corrected chi connectivity index (χ2v) is 6.73. The van der Waals surface area contributed by atoms with E-state index in [0.29, 0.717) is 17.2 Å². The lowest BCUT2D eigenvalue weighted by Gasteiger charge is -2.20. The molecule has 1 aliphatic rings. The van der Waals surface area contributed by atoms with E-state index in [2.05, 4.69) is 48.5 Å². The van der Waals surface area contributed by atoms with Crippen LogP contribution in [0.4, 0.5) is 0 Å². The van der Waals surface area contributed by atoms with Crippen molar-refractivity contribution in [1.82, 2.24) is 0 Å². The molecule has 0 radical (unpaired) electrons. The van der Waals surface area contributed by atoms with Gasteiger partial charge in [-0.3, -0.25) is 4.99 Å². The Kier molecular flexibility index (Phi) is 5.34. The number of allylic oxidation sites excluding steroid dienone is 3. The van der Waals surface area contributed by atoms with Crippen molar-refractivity contribution in [3.05, 3.63) is 84.0 Å². The maximum absolute atomic E-state index is 5.55. The number of fused-ring (bicyclic) bond motifs is 1. The van der Waals surface area contributed by atoms with Crippen LogP contribution in [0.3, 0.4) is 0 Å². The summed E-state index contributed by atoms with van der Waals surface area (Å²) in [4.78, 5) is 4.81. The lowest BCUT2D eigenvalue weighted by Crippen LogP contribution is -2.03. The van der Waals surface area contributed by atoms with Gasteiger partial charge in [0.05, 0.1) is 21.3 Å². The number of rotatable bonds is 5. The third-order valence-corrected chi connectivity index (χ3v) is 5.09. The smallest absolute Gasteiger partial charge is 0.203 e. The minimum absolute atomic E-state index is 0.195. The van der Waals surface area contributed by atoms with Crippen LogP contribution in [0, 0.1) is 0 Å². The highest BCUT2D eigenvalue weighted by atomic mass is 16.5. The summed E-state index contributed by atoms with van der Waals surface area (Å²) in [5.74, 6) is 1.81. The molecule has 0 bridgehead atoms. The summed E-state index contributed by atoms with van der Waals surface area (Å²) in [6.45, 7) is 0. The lowest BCUT2D eigenvalue weighted by atomic mass is 9.91. The van der Waals surface area contributed by atoms with E-state index in [1.807, 2.05) is 30.5 Å². The summed E-state index contributed by atoms with van der Waals surface area (Å²) in [6, 6.07) is 18.6. The Morgan fingerprint density at radius 2 is 1.48 bits per heavy atom. The van der Waals surface area contributed by atoms with Gasteiger partial charge < -0.3 is 14.2 Å². The molecule has 0 saturated heterocycles. The second kappa shape index (κ2) is 8.23. The molecule has 146 valence electrons. The van der Waals surface area contributed by atoms with Gasteiger partial charge >= 0.3 is 0 Å². The number of ether oxygens (including phenoxy) is 3. The van der Waals surface area contributed by atoms with Gasteiger partial charge in [-0.25, -0.2) is 0 Å². The number of benzene rings is 3. The Balaban J connectivity index is 1.85. The molecular weight excluding hydrogens is 362 g/mol. The maximum Gasteiger partial charge on any atom is 0.203 e. The lowest BCUT2D eigenvalue weighted by molar-refractivity contribution is 0.323. The minimum atomic E-state index is -0.195. The highest BCUT2D eigenvalue weighted by molar-refractivity contribution is 5.88. The number of nitrogens with zero attached hydrogens (tertiary/aromatic N) is 1. The molecule has 29 heavy (non-hydrogen) atoms. The first-order valence-electron chi connectivity index (χ1n) is 9.44. The van der Waals surface area contributed by atoms with Gasteiger partial charge in [-0.2, -0.15) is 0 Å². The van der Waals surface area contributed by atoms with E-state index in [1.165, 1.54) is 10.8 Å². The van der Waals surface area contributed by atoms with Crippen molar-refractivity contribution in [1.29, 1.82) is 0 Å². The second-order valence-electron chi connectivity index (χ2n) is 6.73. The maximum atomic E-state index is 5.55. The molecule has 4 rings (SSSR count). The molecular formula is C25H23NO3. The van der Waals surface area contributed by atoms with Gasteiger partial charge in [-0.15, -0.1) is 0 Å². The number of hydrogen-bond donors (Lipinski definition) is 0. The molecule has 3 aromatic rings. The first kappa shape index (κ1) is 18.8. The Labute approximate surface area is 170 Å². The van der Waals surface area contributed by atoms with E-state index in [4.69, 9.17) is 19.2 Å². The molecule has 4 heteroatoms. The van der Waals surface area contributed by atoms with Crippen molar-refractivity contribution in [2.24, 2.45) is 4.99 Å². The average molecular weight is 385 g/mol. The molecule has 1 heterocycles. The van der Waals surface area contributed by atoms with Crippen LogP contribution in [0.1, 0.15) is 17.2 Å². The van der Waals surface area contributed by atoms with E-state index in [9.17, 15) is 0 Å². The van der Waals surface area contributed by atoms with Crippen molar-refractivity contribution >= 4 is 22.6 Å². The van der Waals surface area contributed by atoms with E-state index < -0.39 is 0 Å². The predicted octanol–water partition coefficient (Wildman–Crippen LogP) is 5.63. The summed E-state index contributed by atoms with van der Waals surface area (Å²) in [7, 11) is 4.85. The molecule has 0 aromatic heterocycles. The van der Waals surface area contributed by atoms with Crippen molar-refractivity contribution in [2.75, 3.05) is 21.3 Å². The van der Waals surface area contributed by atoms with Crippen molar-refractivity contribution in [2.45, 2.75) is 6.04 Å². The Hall–Kier alpha value is -3.53. The van der Waals surface area contributed by atoms with Crippen molar-refractivity contribution < 1.29 is 14.2 Å². The van der Waals surface area contributed by atoms with E-state index >= 15 is 0 Å². The molecule has 0 N–H and O–H groups in total. The fourth-order valence-electron chi connectivity index (χ4n) is 3.66. The SMILES string of the molecule is COc1cc(C2N=CC=CC=C2c2ccc3ccccc3c2)cc(OC)c1OC. The average Bonchev–Trinajstić information content (AvgIpc) is 3.03. The van der Waals surface area contributed by atoms with Crippen LogP contribution >= 0.6 is 0 Å². The van der Waals surface area contributed by atoms with E-state index in [0.717, 1.165) is 16.7 Å². The van der Waals surface area contributed by atoms with Crippen molar-refractivity contribution in [3.63, 3.8) is 0 Å². The molecule has 0 fully saturated rings. The number of aliphatic imine (C=N–C) groups is 1. The van der Waals surface area contributed by atoms with Crippen LogP contribution in [0.2, 0.25) is 0 Å². The normalized spacial score (nSPS) is 15.7. The van der Waals surface area contributed by atoms with Crippen molar-refractivity contribution in [3.8, 4) is 17.2 Å². The van der Waals surface area contributed by atoms with Crippen LogP contribution < -0.4 is 14.2 Å². The van der Waals surface area contributed by atoms with Crippen LogP contribution in [-0.2, 0) is 0 Å². The first-order chi connectivity index (χ1) is 14.2.